The van der Waals surface area contributed by atoms with Crippen molar-refractivity contribution in [1.29, 1.82) is 0 Å². The zero-order valence-electron chi connectivity index (χ0n) is 31.6. The van der Waals surface area contributed by atoms with E-state index >= 15 is 0 Å². The Morgan fingerprint density at radius 1 is 0.254 bits per heavy atom. The molecule has 0 spiro atoms. The third-order valence-electron chi connectivity index (χ3n) is 12.6. The minimum atomic E-state index is 0.895. The molecular weight excluding hydrogens is 723 g/mol. The third kappa shape index (κ3) is 4.08. The topological polar surface area (TPSA) is 41.1 Å². The minimum Gasteiger partial charge on any atom is -0.456 e. The molecule has 274 valence electrons. The van der Waals surface area contributed by atoms with E-state index in [4.69, 9.17) is 8.83 Å². The van der Waals surface area contributed by atoms with Gasteiger partial charge in [0.15, 0.2) is 0 Å². The van der Waals surface area contributed by atoms with Gasteiger partial charge in [0.1, 0.15) is 22.3 Å². The quantitative estimate of drug-likeness (QED) is 0.180. The van der Waals surface area contributed by atoms with Crippen molar-refractivity contribution in [2.45, 2.75) is 0 Å². The van der Waals surface area contributed by atoms with Crippen LogP contribution in [0.5, 0.6) is 0 Å². The largest absolute Gasteiger partial charge is 0.456 e. The molecule has 0 aliphatic rings. The zero-order chi connectivity index (χ0) is 38.3. The fraction of sp³-hybridized carbons (Fsp3) is 0. The molecule has 5 aromatic heterocycles. The van der Waals surface area contributed by atoms with E-state index in [-0.39, 0.29) is 0 Å². The molecule has 5 heteroatoms. The average Bonchev–Trinajstić information content (AvgIpc) is 4.09. The Balaban J connectivity index is 1.02. The number of benzene rings is 9. The second-order valence-electron chi connectivity index (χ2n) is 15.6. The van der Waals surface area contributed by atoms with Gasteiger partial charge in [-0.2, -0.15) is 0 Å². The van der Waals surface area contributed by atoms with Gasteiger partial charge in [0.2, 0.25) is 0 Å². The minimum absolute atomic E-state index is 0.895. The van der Waals surface area contributed by atoms with Gasteiger partial charge < -0.3 is 22.5 Å². The molecular formula is C54H31N3O2. The van der Waals surface area contributed by atoms with E-state index in [0.29, 0.717) is 0 Å². The second kappa shape index (κ2) is 11.3. The third-order valence-corrected chi connectivity index (χ3v) is 12.6. The second-order valence-corrected chi connectivity index (χ2v) is 15.6. The summed E-state index contributed by atoms with van der Waals surface area (Å²) in [7, 11) is 0. The predicted octanol–water partition coefficient (Wildman–Crippen LogP) is 14.8. The van der Waals surface area contributed by atoms with Gasteiger partial charge in [-0.3, -0.25) is 0 Å². The number of hydrogen-bond acceptors (Lipinski definition) is 2. The van der Waals surface area contributed by atoms with Crippen LogP contribution < -0.4 is 0 Å². The molecule has 0 amide bonds. The van der Waals surface area contributed by atoms with Gasteiger partial charge in [0.05, 0.1) is 43.9 Å². The summed E-state index contributed by atoms with van der Waals surface area (Å²) in [6.45, 7) is 0. The van der Waals surface area contributed by atoms with Crippen molar-refractivity contribution in [1.82, 2.24) is 13.7 Å². The van der Waals surface area contributed by atoms with Gasteiger partial charge in [-0.15, -0.1) is 0 Å². The summed E-state index contributed by atoms with van der Waals surface area (Å²) in [6.07, 6.45) is 0. The molecule has 0 aliphatic heterocycles. The van der Waals surface area contributed by atoms with Crippen LogP contribution in [0.2, 0.25) is 0 Å². The van der Waals surface area contributed by atoms with E-state index in [2.05, 4.69) is 190 Å². The van der Waals surface area contributed by atoms with Crippen molar-refractivity contribution < 1.29 is 8.83 Å². The van der Waals surface area contributed by atoms with E-state index in [1.807, 2.05) is 12.1 Å². The van der Waals surface area contributed by atoms with Gasteiger partial charge in [-0.05, 0) is 97.1 Å². The molecule has 0 N–H and O–H groups in total. The number of para-hydroxylation sites is 5. The van der Waals surface area contributed by atoms with Crippen molar-refractivity contribution >= 4 is 109 Å². The van der Waals surface area contributed by atoms with Crippen molar-refractivity contribution in [2.24, 2.45) is 0 Å². The number of hydrogen-bond donors (Lipinski definition) is 0. The molecule has 14 rings (SSSR count). The molecule has 14 aromatic rings. The van der Waals surface area contributed by atoms with Crippen LogP contribution in [0.3, 0.4) is 0 Å². The van der Waals surface area contributed by atoms with Crippen molar-refractivity contribution in [3.8, 4) is 17.1 Å². The summed E-state index contributed by atoms with van der Waals surface area (Å²) in [5.41, 5.74) is 13.8. The standard InChI is InChI=1S/C54H31N3O2/c1-2-12-32(13-3-1)55-44-19-9-5-16-39(44)51-47(55)27-24-37-38-25-28-48-52(54(38)59-53(37)51)40-17-6-10-20-45(40)57(48)33-22-26-46-41(30-33)35-14-4-8-18-43(35)56(46)34-23-29-50-42(31-34)36-15-7-11-21-49(36)58-50/h1-31H. The fourth-order valence-corrected chi connectivity index (χ4v) is 10.2. The summed E-state index contributed by atoms with van der Waals surface area (Å²) in [4.78, 5) is 0. The molecule has 0 saturated heterocycles. The Labute approximate surface area is 335 Å². The van der Waals surface area contributed by atoms with Crippen LogP contribution in [0.4, 0.5) is 0 Å². The lowest BCUT2D eigenvalue weighted by atomic mass is 10.1. The average molecular weight is 754 g/mol. The highest BCUT2D eigenvalue weighted by molar-refractivity contribution is 6.29. The molecule has 5 nitrogen and oxygen atoms in total. The first kappa shape index (κ1) is 31.1. The first-order valence-electron chi connectivity index (χ1n) is 20.1. The van der Waals surface area contributed by atoms with Crippen LogP contribution in [-0.4, -0.2) is 13.7 Å². The molecule has 59 heavy (non-hydrogen) atoms. The number of aromatic nitrogens is 3. The first-order valence-corrected chi connectivity index (χ1v) is 20.1. The smallest absolute Gasteiger partial charge is 0.145 e. The zero-order valence-corrected chi connectivity index (χ0v) is 31.6. The summed E-state index contributed by atoms with van der Waals surface area (Å²) in [6, 6.07) is 67.5. The summed E-state index contributed by atoms with van der Waals surface area (Å²) in [5, 5.41) is 11.5. The maximum atomic E-state index is 7.19. The van der Waals surface area contributed by atoms with Crippen molar-refractivity contribution in [3.63, 3.8) is 0 Å². The summed E-state index contributed by atoms with van der Waals surface area (Å²) < 4.78 is 20.5. The van der Waals surface area contributed by atoms with Crippen LogP contribution in [-0.2, 0) is 0 Å². The lowest BCUT2D eigenvalue weighted by Gasteiger charge is -2.10. The highest BCUT2D eigenvalue weighted by Crippen LogP contribution is 2.45. The number of rotatable bonds is 3. The summed E-state index contributed by atoms with van der Waals surface area (Å²) >= 11 is 0. The van der Waals surface area contributed by atoms with E-state index in [1.54, 1.807) is 0 Å². The molecule has 0 bridgehead atoms. The van der Waals surface area contributed by atoms with Crippen LogP contribution in [0.1, 0.15) is 0 Å². The number of fused-ring (bicyclic) bond motifs is 17. The van der Waals surface area contributed by atoms with Gasteiger partial charge in [-0.25, -0.2) is 0 Å². The Morgan fingerprint density at radius 3 is 1.39 bits per heavy atom. The molecule has 9 aromatic carbocycles. The molecule has 0 fully saturated rings. The normalized spacial score (nSPS) is 12.4. The number of nitrogens with zero attached hydrogens (tertiary/aromatic N) is 3. The highest BCUT2D eigenvalue weighted by Gasteiger charge is 2.23. The lowest BCUT2D eigenvalue weighted by molar-refractivity contribution is 0.669. The monoisotopic (exact) mass is 753 g/mol. The Bertz CT molecular complexity index is 4080. The summed E-state index contributed by atoms with van der Waals surface area (Å²) in [5.74, 6) is 0. The van der Waals surface area contributed by atoms with E-state index in [1.165, 1.54) is 21.5 Å². The van der Waals surface area contributed by atoms with Gasteiger partial charge in [-0.1, -0.05) is 91.0 Å². The molecule has 0 unspecified atom stereocenters. The Hall–Kier alpha value is -8.02. The highest BCUT2D eigenvalue weighted by atomic mass is 16.3. The van der Waals surface area contributed by atoms with Crippen LogP contribution in [0, 0.1) is 0 Å². The molecule has 5 heterocycles. The van der Waals surface area contributed by atoms with E-state index < -0.39 is 0 Å². The van der Waals surface area contributed by atoms with Crippen molar-refractivity contribution in [3.05, 3.63) is 188 Å². The maximum absolute atomic E-state index is 7.19. The predicted molar refractivity (Wildman–Crippen MR) is 244 cm³/mol. The Kier molecular flexibility index (Phi) is 5.96. The Morgan fingerprint density at radius 2 is 0.712 bits per heavy atom. The van der Waals surface area contributed by atoms with Crippen LogP contribution in [0.15, 0.2) is 197 Å². The van der Waals surface area contributed by atoms with E-state index in [0.717, 1.165) is 105 Å². The van der Waals surface area contributed by atoms with Gasteiger partial charge in [0.25, 0.3) is 0 Å². The molecule has 0 radical (unpaired) electrons. The van der Waals surface area contributed by atoms with Gasteiger partial charge in [0, 0.05) is 60.2 Å². The fourth-order valence-electron chi connectivity index (χ4n) is 10.2. The first-order chi connectivity index (χ1) is 29.3. The lowest BCUT2D eigenvalue weighted by Crippen LogP contribution is -1.95. The maximum Gasteiger partial charge on any atom is 0.145 e. The van der Waals surface area contributed by atoms with Crippen molar-refractivity contribution in [2.75, 3.05) is 0 Å². The molecule has 0 atom stereocenters. The molecule has 0 saturated carbocycles. The SMILES string of the molecule is c1ccc(-n2c3ccccc3c3c4oc5c(ccc6c5c5ccccc5n6-c5ccc6c(c5)c5ccccc5n6-c5ccc6oc7ccccc7c6c5)c4ccc32)cc1. The van der Waals surface area contributed by atoms with E-state index in [9.17, 15) is 0 Å². The van der Waals surface area contributed by atoms with Crippen LogP contribution in [0.25, 0.3) is 126 Å². The van der Waals surface area contributed by atoms with Gasteiger partial charge >= 0.3 is 0 Å². The van der Waals surface area contributed by atoms with Crippen LogP contribution >= 0.6 is 0 Å². The molecule has 0 aliphatic carbocycles. The number of furan rings is 2.